The minimum Gasteiger partial charge on any atom is -1.00 e. The summed E-state index contributed by atoms with van der Waals surface area (Å²) >= 11 is 16.0. The number of carbonyl (C=O) groups excluding carboxylic acids is 6. The van der Waals surface area contributed by atoms with Crippen molar-refractivity contribution in [3.63, 3.8) is 0 Å². The maximum atomic E-state index is 13.8. The number of carboxylic acid groups (broad SMARTS) is 1. The molecular formula is C67H68Cl2N4Na2O26S2. The van der Waals surface area contributed by atoms with Gasteiger partial charge in [-0.3, -0.25) is 24.0 Å². The molecule has 0 saturated carbocycles. The summed E-state index contributed by atoms with van der Waals surface area (Å²) in [5.74, 6) is -4.70. The van der Waals surface area contributed by atoms with Crippen LogP contribution in [-0.4, -0.2) is 173 Å². The molecule has 4 N–H and O–H groups in total. The van der Waals surface area contributed by atoms with Gasteiger partial charge in [0, 0.05) is 49.3 Å². The Balaban J connectivity index is 0.000000349. The zero-order valence-electron chi connectivity index (χ0n) is 58.3. The van der Waals surface area contributed by atoms with Gasteiger partial charge in [-0.25, -0.2) is 9.59 Å². The molecule has 2 fully saturated rings. The molecule has 0 aliphatic carbocycles. The number of methoxy groups -OCH3 is 3. The third kappa shape index (κ3) is 20.8. The van der Waals surface area contributed by atoms with E-state index < -0.39 is 109 Å². The third-order valence-corrected chi connectivity index (χ3v) is 17.6. The number of halogens is 2. The van der Waals surface area contributed by atoms with E-state index in [4.69, 9.17) is 94.2 Å². The Morgan fingerprint density at radius 3 is 1.37 bits per heavy atom. The number of carboxylic acids is 1. The van der Waals surface area contributed by atoms with Crippen LogP contribution in [-0.2, 0) is 62.0 Å². The fourth-order valence-electron chi connectivity index (χ4n) is 10.3. The van der Waals surface area contributed by atoms with Crippen molar-refractivity contribution in [3.8, 4) is 66.8 Å². The molecule has 2 aliphatic heterocycles. The number of aliphatic hydroxyl groups is 3. The van der Waals surface area contributed by atoms with Crippen molar-refractivity contribution in [3.05, 3.63) is 140 Å². The third-order valence-electron chi connectivity index (χ3n) is 15.1. The van der Waals surface area contributed by atoms with E-state index in [0.29, 0.717) is 22.3 Å². The van der Waals surface area contributed by atoms with Gasteiger partial charge in [0.25, 0.3) is 6.47 Å². The second-order valence-electron chi connectivity index (χ2n) is 21.8. The first-order chi connectivity index (χ1) is 48.3. The van der Waals surface area contributed by atoms with Gasteiger partial charge in [0.2, 0.25) is 24.1 Å². The van der Waals surface area contributed by atoms with E-state index in [1.54, 1.807) is 63.2 Å². The molecule has 4 aromatic heterocycles. The van der Waals surface area contributed by atoms with Crippen molar-refractivity contribution in [1.82, 2.24) is 20.4 Å². The molecule has 10 rings (SSSR count). The summed E-state index contributed by atoms with van der Waals surface area (Å²) < 4.78 is 73.3. The first-order valence-corrected chi connectivity index (χ1v) is 32.8. The molecule has 36 heteroatoms. The van der Waals surface area contributed by atoms with Crippen LogP contribution >= 0.6 is 45.9 Å². The number of carbonyl (C=O) groups is 7. The standard InChI is InChI=1S/C36H37ClN2O12S.C30H29ClN2O11S.CH2O3.2Na.H/c1-8-46-31(21-9-11-22(12-10-21)34-39-38-18(3)52-34)29(42)25-14-13-24(49-25)23-15-26(44-6)28(37)27(16-23)50-36-17(2)30(47-19(4)40)32(48-20(5)41)33(51-36)35(43)45-7;1-4-41-26(14-5-7-15(8-6-14)28-33-32-13(2)45-28)22(34)18-10-9-17(42-18)16-11-19(40-3)21(31)20(12-16)43-30-25(37)23(35)24(36)27(44-30)29(38)39;2-1-4-3;;;/h9-17,30-33,36H,8H2,1-7H3;5-12,23-27,30,35-37H,4H2,1-3H3,(H,38,39);1,3H;;;/q;;;2*+1;-1/p-1/t17-,30-,31?,32+,33+,36+;23-,24-,25+,26?,27-,30-;;;;/m10..../s1. The minimum atomic E-state index is -1.90. The average Bonchev–Trinajstić information content (AvgIpc) is 1.15. The number of furan rings is 2. The molecule has 30 nitrogen and oxygen atoms in total. The van der Waals surface area contributed by atoms with Crippen LogP contribution < -0.4 is 83.3 Å². The maximum Gasteiger partial charge on any atom is 1.00 e. The van der Waals surface area contributed by atoms with Gasteiger partial charge in [-0.05, 0) is 87.4 Å². The number of aliphatic hydroxyl groups excluding tert-OH is 3. The molecule has 0 bridgehead atoms. The summed E-state index contributed by atoms with van der Waals surface area (Å²) in [6, 6.07) is 26.8. The van der Waals surface area contributed by atoms with Gasteiger partial charge in [-0.2, -0.15) is 0 Å². The number of hydrogen-bond donors (Lipinski definition) is 4. The Bertz CT molecular complexity index is 4220. The second kappa shape index (κ2) is 39.2. The topological polar surface area (TPSA) is 412 Å². The summed E-state index contributed by atoms with van der Waals surface area (Å²) in [6.07, 6.45) is -16.3. The zero-order valence-corrected chi connectivity index (χ0v) is 64.4. The molecule has 2 unspecified atom stereocenters. The molecule has 4 aromatic carbocycles. The number of hydrogen-bond acceptors (Lipinski definition) is 31. The van der Waals surface area contributed by atoms with Crippen molar-refractivity contribution < 1.29 is 186 Å². The maximum absolute atomic E-state index is 13.8. The van der Waals surface area contributed by atoms with Crippen molar-refractivity contribution in [2.75, 3.05) is 34.5 Å². The second-order valence-corrected chi connectivity index (χ2v) is 24.9. The van der Waals surface area contributed by atoms with Gasteiger partial charge < -0.3 is 92.9 Å². The van der Waals surface area contributed by atoms with E-state index in [1.165, 1.54) is 74.1 Å². The van der Waals surface area contributed by atoms with Crippen LogP contribution in [0.1, 0.15) is 90.5 Å². The normalized spacial score (nSPS) is 20.2. The largest absolute Gasteiger partial charge is 1.00 e. The predicted octanol–water partition coefficient (Wildman–Crippen LogP) is 2.39. The first kappa shape index (κ1) is 84.6. The van der Waals surface area contributed by atoms with Crippen LogP contribution in [0.4, 0.5) is 0 Å². The number of aromatic nitrogens is 4. The van der Waals surface area contributed by atoms with Crippen LogP contribution in [0.2, 0.25) is 10.0 Å². The number of Topliss-reactive ketones (excluding diaryl/α,β-unsaturated/α-hetero) is 2. The molecule has 540 valence electrons. The van der Waals surface area contributed by atoms with E-state index in [0.717, 1.165) is 45.2 Å². The van der Waals surface area contributed by atoms with Crippen LogP contribution in [0.15, 0.2) is 106 Å². The monoisotopic (exact) mass is 1520 g/mol. The Kier molecular flexibility index (Phi) is 32.2. The first-order valence-electron chi connectivity index (χ1n) is 30.4. The number of ketones is 2. The number of rotatable bonds is 25. The quantitative estimate of drug-likeness (QED) is 0.0121. The predicted molar refractivity (Wildman–Crippen MR) is 354 cm³/mol. The van der Waals surface area contributed by atoms with E-state index in [1.807, 2.05) is 38.1 Å². The molecule has 103 heavy (non-hydrogen) atoms. The Hall–Kier alpha value is -7.29. The average molecular weight is 1530 g/mol. The Morgan fingerprint density at radius 2 is 1.00 bits per heavy atom. The summed E-state index contributed by atoms with van der Waals surface area (Å²) in [4.78, 5) is 86.9. The summed E-state index contributed by atoms with van der Waals surface area (Å²) in [6.45, 7) is 11.6. The van der Waals surface area contributed by atoms with Crippen molar-refractivity contribution >= 4 is 87.8 Å². The molecular weight excluding hydrogens is 1460 g/mol. The van der Waals surface area contributed by atoms with Crippen molar-refractivity contribution in [2.45, 2.75) is 116 Å². The number of benzene rings is 4. The number of aliphatic carboxylic acids is 1. The Morgan fingerprint density at radius 1 is 0.592 bits per heavy atom. The van der Waals surface area contributed by atoms with Crippen LogP contribution in [0.25, 0.3) is 43.8 Å². The van der Waals surface area contributed by atoms with E-state index in [-0.39, 0.29) is 136 Å². The zero-order chi connectivity index (χ0) is 73.5. The minimum absolute atomic E-state index is 0. The number of aryl methyl sites for hydroxylation is 2. The fraction of sp³-hybridized carbons (Fsp3) is 0.358. The van der Waals surface area contributed by atoms with Crippen LogP contribution in [0, 0.1) is 19.8 Å². The fourth-order valence-corrected chi connectivity index (χ4v) is 12.2. The molecule has 0 amide bonds. The van der Waals surface area contributed by atoms with Gasteiger partial charge in [-0.15, -0.1) is 20.4 Å². The molecule has 8 aromatic rings. The van der Waals surface area contributed by atoms with Crippen molar-refractivity contribution in [1.29, 1.82) is 0 Å². The SMILES string of the molecule is CCOC(C(=O)c1ccc(-c2cc(OC)c(Cl)c(O[C@H]3O[C@H](C(=O)O)[C@@H](O)[C@H](O)[C@H]3O)c2)o1)c1ccc(-c2nnc(C)s2)cc1.CCOC(C(=O)c1ccc(-c2cc(OC)c(Cl)c(O[C@H]3O[C@H](C(=O)OC)[C@@H](OC(C)=O)[C@H](OC(C)=O)[C@H]3C)c2)o1)c1ccc(-c2nnc(C)s2)cc1.O=CO[O-].[H-].[Na+].[Na+]. The van der Waals surface area contributed by atoms with Crippen LogP contribution in [0.5, 0.6) is 23.0 Å². The summed E-state index contributed by atoms with van der Waals surface area (Å²) in [7, 11) is 3.89. The van der Waals surface area contributed by atoms with E-state index in [2.05, 4.69) is 25.3 Å². The summed E-state index contributed by atoms with van der Waals surface area (Å²) in [5.41, 5.74) is 3.74. The molecule has 0 spiro atoms. The molecule has 6 heterocycles. The van der Waals surface area contributed by atoms with Gasteiger partial charge >= 0.3 is 83.0 Å². The van der Waals surface area contributed by atoms with Gasteiger partial charge in [0.15, 0.2) is 35.9 Å². The smallest absolute Gasteiger partial charge is 1.00 e. The Labute approximate surface area is 651 Å². The van der Waals surface area contributed by atoms with E-state index >= 15 is 0 Å². The molecule has 2 aliphatic rings. The number of nitrogens with zero attached hydrogens (tertiary/aromatic N) is 4. The number of ether oxygens (including phenoxy) is 11. The van der Waals surface area contributed by atoms with Gasteiger partial charge in [0.1, 0.15) is 95.1 Å². The molecule has 0 radical (unpaired) electrons. The van der Waals surface area contributed by atoms with Gasteiger partial charge in [-0.1, -0.05) is 101 Å². The van der Waals surface area contributed by atoms with E-state index in [9.17, 15) is 49.2 Å². The molecule has 2 saturated heterocycles. The summed E-state index contributed by atoms with van der Waals surface area (Å²) in [5, 5.41) is 68.0. The molecule has 12 atom stereocenters. The van der Waals surface area contributed by atoms with Crippen LogP contribution in [0.3, 0.4) is 0 Å². The van der Waals surface area contributed by atoms with Gasteiger partial charge in [0.05, 0.1) is 27.2 Å². The van der Waals surface area contributed by atoms with Crippen molar-refractivity contribution in [2.24, 2.45) is 5.92 Å². The number of esters is 3.